The first-order chi connectivity index (χ1) is 13.6. The number of para-hydroxylation sites is 2. The molecule has 0 fully saturated rings. The van der Waals surface area contributed by atoms with Crippen molar-refractivity contribution in [2.24, 2.45) is 0 Å². The highest BCUT2D eigenvalue weighted by atomic mass is 16.5. The maximum Gasteiger partial charge on any atom is 0.274 e. The molecule has 0 saturated carbocycles. The van der Waals surface area contributed by atoms with Crippen LogP contribution in [0.2, 0.25) is 0 Å². The van der Waals surface area contributed by atoms with Crippen LogP contribution in [0.3, 0.4) is 0 Å². The van der Waals surface area contributed by atoms with E-state index in [2.05, 4.69) is 20.6 Å². The Bertz CT molecular complexity index is 942. The van der Waals surface area contributed by atoms with E-state index in [1.54, 1.807) is 12.1 Å². The molecule has 0 saturated heterocycles. The Morgan fingerprint density at radius 2 is 1.75 bits per heavy atom. The molecule has 0 atom stereocenters. The normalized spacial score (nSPS) is 10.6. The van der Waals surface area contributed by atoms with E-state index in [0.717, 1.165) is 5.56 Å². The number of carbonyl (C=O) groups excluding carboxylic acids is 1. The number of hydrogen-bond acceptors (Lipinski definition) is 5. The Kier molecular flexibility index (Phi) is 6.22. The molecular weight excluding hydrogens is 352 g/mol. The Morgan fingerprint density at radius 3 is 2.46 bits per heavy atom. The number of anilines is 2. The summed E-state index contributed by atoms with van der Waals surface area (Å²) in [7, 11) is 0. The van der Waals surface area contributed by atoms with E-state index in [0.29, 0.717) is 29.7 Å². The SMILES string of the molecule is CCOc1ccccc1NC(=O)c1cc(NC(C)C)nc(-c2ccccc2)n1. The minimum atomic E-state index is -0.321. The number of hydrogen-bond donors (Lipinski definition) is 2. The van der Waals surface area contributed by atoms with Crippen molar-refractivity contribution in [2.45, 2.75) is 26.8 Å². The molecule has 0 spiro atoms. The molecule has 0 unspecified atom stereocenters. The maximum absolute atomic E-state index is 12.9. The monoisotopic (exact) mass is 376 g/mol. The molecule has 0 bridgehead atoms. The van der Waals surface area contributed by atoms with Gasteiger partial charge in [0, 0.05) is 17.7 Å². The van der Waals surface area contributed by atoms with Gasteiger partial charge < -0.3 is 15.4 Å². The molecule has 0 radical (unpaired) electrons. The van der Waals surface area contributed by atoms with Gasteiger partial charge in [0.15, 0.2) is 5.82 Å². The fourth-order valence-corrected chi connectivity index (χ4v) is 2.69. The van der Waals surface area contributed by atoms with Gasteiger partial charge in [0.1, 0.15) is 17.3 Å². The molecule has 2 aromatic carbocycles. The number of amides is 1. The molecule has 1 amide bonds. The van der Waals surface area contributed by atoms with Gasteiger partial charge in [-0.05, 0) is 32.9 Å². The molecule has 1 heterocycles. The van der Waals surface area contributed by atoms with Gasteiger partial charge in [-0.15, -0.1) is 0 Å². The van der Waals surface area contributed by atoms with Crippen LogP contribution in [-0.2, 0) is 0 Å². The van der Waals surface area contributed by atoms with Crippen molar-refractivity contribution in [1.29, 1.82) is 0 Å². The van der Waals surface area contributed by atoms with Crippen LogP contribution in [0.4, 0.5) is 11.5 Å². The number of nitrogens with zero attached hydrogens (tertiary/aromatic N) is 2. The van der Waals surface area contributed by atoms with Gasteiger partial charge >= 0.3 is 0 Å². The zero-order valence-electron chi connectivity index (χ0n) is 16.3. The molecule has 2 N–H and O–H groups in total. The van der Waals surface area contributed by atoms with Gasteiger partial charge in [-0.25, -0.2) is 9.97 Å². The molecule has 0 aliphatic carbocycles. The lowest BCUT2D eigenvalue weighted by Crippen LogP contribution is -2.18. The van der Waals surface area contributed by atoms with E-state index < -0.39 is 0 Å². The number of aromatic nitrogens is 2. The van der Waals surface area contributed by atoms with Crippen molar-refractivity contribution in [2.75, 3.05) is 17.2 Å². The second-order valence-electron chi connectivity index (χ2n) is 6.51. The third kappa shape index (κ3) is 4.85. The molecule has 6 nitrogen and oxygen atoms in total. The third-order valence-electron chi connectivity index (χ3n) is 3.86. The third-order valence-corrected chi connectivity index (χ3v) is 3.86. The molecular formula is C22H24N4O2. The molecule has 6 heteroatoms. The van der Waals surface area contributed by atoms with Gasteiger partial charge in [0.05, 0.1) is 12.3 Å². The van der Waals surface area contributed by atoms with Crippen molar-refractivity contribution in [1.82, 2.24) is 9.97 Å². The van der Waals surface area contributed by atoms with E-state index >= 15 is 0 Å². The number of rotatable bonds is 7. The highest BCUT2D eigenvalue weighted by Gasteiger charge is 2.15. The second kappa shape index (κ2) is 8.99. The van der Waals surface area contributed by atoms with Crippen LogP contribution in [0, 0.1) is 0 Å². The zero-order valence-corrected chi connectivity index (χ0v) is 16.3. The summed E-state index contributed by atoms with van der Waals surface area (Å²) in [5.41, 5.74) is 1.73. The fraction of sp³-hybridized carbons (Fsp3) is 0.227. The van der Waals surface area contributed by atoms with Gasteiger partial charge in [-0.3, -0.25) is 4.79 Å². The quantitative estimate of drug-likeness (QED) is 0.629. The van der Waals surface area contributed by atoms with E-state index in [1.165, 1.54) is 0 Å². The minimum Gasteiger partial charge on any atom is -0.492 e. The molecule has 28 heavy (non-hydrogen) atoms. The zero-order chi connectivity index (χ0) is 19.9. The number of nitrogens with one attached hydrogen (secondary N) is 2. The minimum absolute atomic E-state index is 0.174. The molecule has 3 aromatic rings. The molecule has 144 valence electrons. The van der Waals surface area contributed by atoms with E-state index in [1.807, 2.05) is 69.3 Å². The summed E-state index contributed by atoms with van der Waals surface area (Å²) < 4.78 is 5.58. The summed E-state index contributed by atoms with van der Waals surface area (Å²) >= 11 is 0. The predicted molar refractivity (Wildman–Crippen MR) is 112 cm³/mol. The van der Waals surface area contributed by atoms with Crippen LogP contribution < -0.4 is 15.4 Å². The highest BCUT2D eigenvalue weighted by molar-refractivity contribution is 6.04. The summed E-state index contributed by atoms with van der Waals surface area (Å²) in [6.07, 6.45) is 0. The van der Waals surface area contributed by atoms with Crippen molar-refractivity contribution in [3.05, 3.63) is 66.4 Å². The van der Waals surface area contributed by atoms with Gasteiger partial charge in [0.25, 0.3) is 5.91 Å². The van der Waals surface area contributed by atoms with E-state index in [9.17, 15) is 4.79 Å². The van der Waals surface area contributed by atoms with Crippen LogP contribution in [0.15, 0.2) is 60.7 Å². The summed E-state index contributed by atoms with van der Waals surface area (Å²) in [6.45, 7) is 6.45. The Hall–Kier alpha value is -3.41. The summed E-state index contributed by atoms with van der Waals surface area (Å²) in [5.74, 6) is 1.40. The number of carbonyl (C=O) groups is 1. The van der Waals surface area contributed by atoms with Crippen molar-refractivity contribution in [3.8, 4) is 17.1 Å². The predicted octanol–water partition coefficient (Wildman–Crippen LogP) is 4.61. The van der Waals surface area contributed by atoms with Crippen LogP contribution in [0.5, 0.6) is 5.75 Å². The first-order valence-corrected chi connectivity index (χ1v) is 9.31. The Morgan fingerprint density at radius 1 is 1.04 bits per heavy atom. The van der Waals surface area contributed by atoms with Crippen LogP contribution in [0.25, 0.3) is 11.4 Å². The first kappa shape index (κ1) is 19.4. The van der Waals surface area contributed by atoms with Crippen LogP contribution in [-0.4, -0.2) is 28.5 Å². The highest BCUT2D eigenvalue weighted by Crippen LogP contribution is 2.25. The Balaban J connectivity index is 1.95. The van der Waals surface area contributed by atoms with Gasteiger partial charge in [-0.2, -0.15) is 0 Å². The lowest BCUT2D eigenvalue weighted by Gasteiger charge is -2.14. The lowest BCUT2D eigenvalue weighted by atomic mass is 10.2. The molecule has 0 aliphatic rings. The lowest BCUT2D eigenvalue weighted by molar-refractivity contribution is 0.102. The van der Waals surface area contributed by atoms with Crippen LogP contribution >= 0.6 is 0 Å². The van der Waals surface area contributed by atoms with Crippen LogP contribution in [0.1, 0.15) is 31.3 Å². The van der Waals surface area contributed by atoms with Gasteiger partial charge in [-0.1, -0.05) is 42.5 Å². The van der Waals surface area contributed by atoms with Crippen molar-refractivity contribution in [3.63, 3.8) is 0 Å². The molecule has 0 aliphatic heterocycles. The van der Waals surface area contributed by atoms with Gasteiger partial charge in [0.2, 0.25) is 0 Å². The number of ether oxygens (including phenoxy) is 1. The summed E-state index contributed by atoms with van der Waals surface area (Å²) in [5, 5.41) is 6.14. The number of benzene rings is 2. The molecule has 3 rings (SSSR count). The van der Waals surface area contributed by atoms with E-state index in [4.69, 9.17) is 4.74 Å². The maximum atomic E-state index is 12.9. The first-order valence-electron chi connectivity index (χ1n) is 9.31. The largest absolute Gasteiger partial charge is 0.492 e. The summed E-state index contributed by atoms with van der Waals surface area (Å²) in [4.78, 5) is 21.9. The van der Waals surface area contributed by atoms with Crippen molar-refractivity contribution >= 4 is 17.4 Å². The smallest absolute Gasteiger partial charge is 0.274 e. The average Bonchev–Trinajstić information content (AvgIpc) is 2.69. The van der Waals surface area contributed by atoms with Crippen molar-refractivity contribution < 1.29 is 9.53 Å². The Labute approximate surface area is 165 Å². The van der Waals surface area contributed by atoms with E-state index in [-0.39, 0.29) is 17.6 Å². The topological polar surface area (TPSA) is 76.1 Å². The average molecular weight is 376 g/mol. The summed E-state index contributed by atoms with van der Waals surface area (Å²) in [6, 6.07) is 18.8. The second-order valence-corrected chi connectivity index (χ2v) is 6.51. The standard InChI is InChI=1S/C22H24N4O2/c1-4-28-19-13-9-8-12-17(19)25-22(27)18-14-20(23-15(2)3)26-21(24-18)16-10-6-5-7-11-16/h5-15H,4H2,1-3H3,(H,25,27)(H,23,24,26). The molecule has 1 aromatic heterocycles. The fourth-order valence-electron chi connectivity index (χ4n) is 2.69.